The minimum atomic E-state index is -0.322. The normalized spacial score (nSPS) is 11.0. The van der Waals surface area contributed by atoms with Crippen LogP contribution in [0.2, 0.25) is 0 Å². The van der Waals surface area contributed by atoms with Crippen LogP contribution in [-0.2, 0) is 0 Å². The zero-order valence-corrected chi connectivity index (χ0v) is 14.0. The van der Waals surface area contributed by atoms with E-state index in [9.17, 15) is 4.79 Å². The molecule has 0 aliphatic carbocycles. The van der Waals surface area contributed by atoms with Gasteiger partial charge in [0.1, 0.15) is 0 Å². The lowest BCUT2D eigenvalue weighted by atomic mass is 9.95. The average molecular weight is 331 g/mol. The molecule has 4 aromatic rings. The number of hydrogen-bond donors (Lipinski definition) is 2. The van der Waals surface area contributed by atoms with Crippen LogP contribution in [-0.4, -0.2) is 16.1 Å². The van der Waals surface area contributed by atoms with Crippen molar-refractivity contribution >= 4 is 22.6 Å². The second-order valence-corrected chi connectivity index (χ2v) is 6.03. The van der Waals surface area contributed by atoms with Gasteiger partial charge < -0.3 is 9.73 Å². The minimum absolute atomic E-state index is 0.253. The third-order valence-electron chi connectivity index (χ3n) is 4.31. The fraction of sp³-hybridized carbons (Fsp3) is 0.100. The Hall–Kier alpha value is -3.34. The predicted molar refractivity (Wildman–Crippen MR) is 97.7 cm³/mol. The fourth-order valence-electron chi connectivity index (χ4n) is 3.12. The molecule has 1 amide bonds. The number of rotatable bonds is 3. The van der Waals surface area contributed by atoms with Crippen molar-refractivity contribution in [2.75, 3.05) is 5.32 Å². The van der Waals surface area contributed by atoms with Crippen LogP contribution in [0.15, 0.2) is 59.2 Å². The first-order chi connectivity index (χ1) is 12.1. The predicted octanol–water partition coefficient (Wildman–Crippen LogP) is 4.69. The third-order valence-corrected chi connectivity index (χ3v) is 4.31. The van der Waals surface area contributed by atoms with Gasteiger partial charge in [-0.25, -0.2) is 0 Å². The molecule has 2 N–H and O–H groups in total. The summed E-state index contributed by atoms with van der Waals surface area (Å²) in [4.78, 5) is 12.1. The van der Waals surface area contributed by atoms with Crippen molar-refractivity contribution < 1.29 is 9.21 Å². The van der Waals surface area contributed by atoms with Gasteiger partial charge >= 0.3 is 0 Å². The molecular weight excluding hydrogens is 314 g/mol. The lowest BCUT2D eigenvalue weighted by Gasteiger charge is -2.10. The van der Waals surface area contributed by atoms with Crippen molar-refractivity contribution in [3.63, 3.8) is 0 Å². The Balaban J connectivity index is 1.71. The average Bonchev–Trinajstić information content (AvgIpc) is 3.25. The standard InChI is InChI=1S/C20H17N3O2/c1-12-5-3-6-13(2)18(12)14-8-9-15-16(11-14)22-23-19(15)21-20(24)17-7-4-10-25-17/h3-11H,1-2H3,(H2,21,22,23,24). The number of anilines is 1. The molecule has 0 fully saturated rings. The highest BCUT2D eigenvalue weighted by molar-refractivity contribution is 6.06. The molecule has 124 valence electrons. The van der Waals surface area contributed by atoms with Crippen molar-refractivity contribution in [2.45, 2.75) is 13.8 Å². The van der Waals surface area contributed by atoms with E-state index in [1.54, 1.807) is 12.1 Å². The number of amides is 1. The van der Waals surface area contributed by atoms with Crippen LogP contribution in [0.1, 0.15) is 21.7 Å². The fourth-order valence-corrected chi connectivity index (χ4v) is 3.12. The first-order valence-electron chi connectivity index (χ1n) is 8.03. The number of aromatic amines is 1. The van der Waals surface area contributed by atoms with Gasteiger partial charge in [0.25, 0.3) is 5.91 Å². The first kappa shape index (κ1) is 15.2. The highest BCUT2D eigenvalue weighted by Gasteiger charge is 2.14. The summed E-state index contributed by atoms with van der Waals surface area (Å²) in [7, 11) is 0. The van der Waals surface area contributed by atoms with Crippen LogP contribution in [0.5, 0.6) is 0 Å². The molecule has 2 aromatic carbocycles. The van der Waals surface area contributed by atoms with Gasteiger partial charge in [0.05, 0.1) is 11.8 Å². The van der Waals surface area contributed by atoms with Crippen LogP contribution < -0.4 is 5.32 Å². The SMILES string of the molecule is Cc1cccc(C)c1-c1ccc2c(NC(=O)c3ccco3)n[nH]c2c1. The monoisotopic (exact) mass is 331 g/mol. The van der Waals surface area contributed by atoms with E-state index in [1.165, 1.54) is 23.0 Å². The van der Waals surface area contributed by atoms with Crippen molar-refractivity contribution in [2.24, 2.45) is 0 Å². The number of hydrogen-bond acceptors (Lipinski definition) is 3. The van der Waals surface area contributed by atoms with E-state index in [0.717, 1.165) is 16.5 Å². The molecule has 0 aliphatic rings. The topological polar surface area (TPSA) is 70.9 Å². The summed E-state index contributed by atoms with van der Waals surface area (Å²) < 4.78 is 5.11. The van der Waals surface area contributed by atoms with Gasteiger partial charge in [-0.2, -0.15) is 5.10 Å². The molecule has 0 saturated carbocycles. The largest absolute Gasteiger partial charge is 0.459 e. The van der Waals surface area contributed by atoms with E-state index in [2.05, 4.69) is 59.7 Å². The van der Waals surface area contributed by atoms with E-state index in [-0.39, 0.29) is 11.7 Å². The second kappa shape index (κ2) is 5.94. The summed E-state index contributed by atoms with van der Waals surface area (Å²) in [6, 6.07) is 15.6. The van der Waals surface area contributed by atoms with Crippen LogP contribution in [0, 0.1) is 13.8 Å². The molecule has 0 unspecified atom stereocenters. The Kier molecular flexibility index (Phi) is 3.61. The number of aromatic nitrogens is 2. The van der Waals surface area contributed by atoms with Gasteiger partial charge in [-0.15, -0.1) is 0 Å². The maximum atomic E-state index is 12.1. The smallest absolute Gasteiger partial charge is 0.292 e. The zero-order valence-electron chi connectivity index (χ0n) is 14.0. The van der Waals surface area contributed by atoms with Crippen LogP contribution >= 0.6 is 0 Å². The first-order valence-corrected chi connectivity index (χ1v) is 8.03. The number of fused-ring (bicyclic) bond motifs is 1. The molecule has 5 heteroatoms. The number of furan rings is 1. The van der Waals surface area contributed by atoms with Crippen LogP contribution in [0.25, 0.3) is 22.0 Å². The molecule has 0 spiro atoms. The number of nitrogens with zero attached hydrogens (tertiary/aromatic N) is 1. The highest BCUT2D eigenvalue weighted by atomic mass is 16.3. The third kappa shape index (κ3) is 2.70. The van der Waals surface area contributed by atoms with Crippen LogP contribution in [0.3, 0.4) is 0 Å². The molecule has 4 rings (SSSR count). The van der Waals surface area contributed by atoms with Gasteiger partial charge in [0, 0.05) is 5.39 Å². The lowest BCUT2D eigenvalue weighted by molar-refractivity contribution is 0.0996. The minimum Gasteiger partial charge on any atom is -0.459 e. The van der Waals surface area contributed by atoms with Crippen molar-refractivity contribution in [1.82, 2.24) is 10.2 Å². The van der Waals surface area contributed by atoms with E-state index < -0.39 is 0 Å². The number of nitrogens with one attached hydrogen (secondary N) is 2. The molecule has 0 atom stereocenters. The van der Waals surface area contributed by atoms with Crippen molar-refractivity contribution in [3.05, 3.63) is 71.7 Å². The molecule has 25 heavy (non-hydrogen) atoms. The molecule has 0 saturated heterocycles. The molecule has 0 bridgehead atoms. The summed E-state index contributed by atoms with van der Waals surface area (Å²) in [5, 5.41) is 10.8. The van der Waals surface area contributed by atoms with Gasteiger partial charge in [-0.3, -0.25) is 9.89 Å². The lowest BCUT2D eigenvalue weighted by Crippen LogP contribution is -2.11. The number of aryl methyl sites for hydroxylation is 2. The molecule has 2 heterocycles. The number of carbonyl (C=O) groups is 1. The van der Waals surface area contributed by atoms with E-state index in [1.807, 2.05) is 6.07 Å². The molecule has 5 nitrogen and oxygen atoms in total. The highest BCUT2D eigenvalue weighted by Crippen LogP contribution is 2.31. The summed E-state index contributed by atoms with van der Waals surface area (Å²) in [5.74, 6) is 0.421. The van der Waals surface area contributed by atoms with Crippen LogP contribution in [0.4, 0.5) is 5.82 Å². The van der Waals surface area contributed by atoms with Gasteiger partial charge in [-0.05, 0) is 60.4 Å². The van der Waals surface area contributed by atoms with E-state index >= 15 is 0 Å². The maximum Gasteiger partial charge on any atom is 0.292 e. The quantitative estimate of drug-likeness (QED) is 0.572. The van der Waals surface area contributed by atoms with E-state index in [0.29, 0.717) is 5.82 Å². The number of H-pyrrole nitrogens is 1. The van der Waals surface area contributed by atoms with Gasteiger partial charge in [0.15, 0.2) is 11.6 Å². The molecular formula is C20H17N3O2. The van der Waals surface area contributed by atoms with Crippen molar-refractivity contribution in [1.29, 1.82) is 0 Å². The Bertz CT molecular complexity index is 1040. The summed E-state index contributed by atoms with van der Waals surface area (Å²) in [5.41, 5.74) is 5.67. The summed E-state index contributed by atoms with van der Waals surface area (Å²) in [6.45, 7) is 4.21. The second-order valence-electron chi connectivity index (χ2n) is 6.03. The molecule has 0 aliphatic heterocycles. The van der Waals surface area contributed by atoms with Crippen molar-refractivity contribution in [3.8, 4) is 11.1 Å². The van der Waals surface area contributed by atoms with Gasteiger partial charge in [-0.1, -0.05) is 24.3 Å². The summed E-state index contributed by atoms with van der Waals surface area (Å²) in [6.07, 6.45) is 1.47. The van der Waals surface area contributed by atoms with Gasteiger partial charge in [0.2, 0.25) is 0 Å². The Morgan fingerprint density at radius 1 is 1.08 bits per heavy atom. The zero-order chi connectivity index (χ0) is 17.4. The molecule has 2 aromatic heterocycles. The summed E-state index contributed by atoms with van der Waals surface area (Å²) >= 11 is 0. The maximum absolute atomic E-state index is 12.1. The molecule has 0 radical (unpaired) electrons. The number of carbonyl (C=O) groups excluding carboxylic acids is 1. The van der Waals surface area contributed by atoms with E-state index in [4.69, 9.17) is 4.42 Å². The Morgan fingerprint density at radius 2 is 1.88 bits per heavy atom. The Morgan fingerprint density at radius 3 is 2.60 bits per heavy atom. The number of benzene rings is 2. The Labute approximate surface area is 144 Å².